The zero-order valence-electron chi connectivity index (χ0n) is 14.4. The number of guanidine groups is 1. The highest BCUT2D eigenvalue weighted by Crippen LogP contribution is 2.22. The first-order valence-corrected chi connectivity index (χ1v) is 8.11. The van der Waals surface area contributed by atoms with Gasteiger partial charge in [0.05, 0.1) is 11.9 Å². The molecule has 1 aromatic rings. The van der Waals surface area contributed by atoms with Gasteiger partial charge in [-0.05, 0) is 12.8 Å². The molecule has 0 spiro atoms. The molecule has 0 aliphatic carbocycles. The predicted octanol–water partition coefficient (Wildman–Crippen LogP) is 1.38. The fourth-order valence-corrected chi connectivity index (χ4v) is 2.66. The molecule has 0 radical (unpaired) electrons. The average Bonchev–Trinajstić information content (AvgIpc) is 2.96. The molecule has 1 fully saturated rings. The van der Waals surface area contributed by atoms with Crippen molar-refractivity contribution in [1.82, 2.24) is 20.0 Å². The first kappa shape index (κ1) is 19.1. The smallest absolute Gasteiger partial charge is 0.356 e. The van der Waals surface area contributed by atoms with E-state index in [0.29, 0.717) is 32.0 Å². The molecule has 1 N–H and O–H groups in total. The highest BCUT2D eigenvalue weighted by molar-refractivity contribution is 5.98. The third-order valence-corrected chi connectivity index (χ3v) is 3.91. The average molecular weight is 360 g/mol. The quantitative estimate of drug-likeness (QED) is 0.489. The summed E-state index contributed by atoms with van der Waals surface area (Å²) in [5.41, 5.74) is 0.752. The van der Waals surface area contributed by atoms with Gasteiger partial charge in [-0.1, -0.05) is 0 Å². The monoisotopic (exact) mass is 360 g/mol. The highest BCUT2D eigenvalue weighted by Gasteiger charge is 2.28. The van der Waals surface area contributed by atoms with Crippen molar-refractivity contribution in [3.63, 3.8) is 0 Å². The number of aryl methyl sites for hydroxylation is 1. The Morgan fingerprint density at radius 2 is 2.12 bits per heavy atom. The molecular formula is C15H23F3N6O. The Morgan fingerprint density at radius 1 is 1.36 bits per heavy atom. The Labute approximate surface area is 144 Å². The molecule has 0 saturated carbocycles. The topological polar surface area (TPSA) is 65.8 Å². The fraction of sp³-hybridized carbons (Fsp3) is 0.667. The summed E-state index contributed by atoms with van der Waals surface area (Å²) in [4.78, 5) is 19.9. The van der Waals surface area contributed by atoms with Crippen LogP contribution >= 0.6 is 0 Å². The molecule has 1 aliphatic heterocycles. The number of carbonyl (C=O) groups excluding carboxylic acids is 1. The standard InChI is InChI=1S/C15H23F3N6O/c1-19-14(20-6-4-3-5-15(16,17)18)23-7-8-24(13(25)11-23)12-9-21-22(2)10-12/h9-10H,3-8,11H2,1-2H3,(H,19,20). The van der Waals surface area contributed by atoms with Crippen molar-refractivity contribution in [3.05, 3.63) is 12.4 Å². The van der Waals surface area contributed by atoms with E-state index in [0.717, 1.165) is 5.69 Å². The Balaban J connectivity index is 1.80. The lowest BCUT2D eigenvalue weighted by Crippen LogP contribution is -2.55. The van der Waals surface area contributed by atoms with Crippen LogP contribution in [0.4, 0.5) is 18.9 Å². The number of hydrogen-bond donors (Lipinski definition) is 1. The number of halogens is 3. The van der Waals surface area contributed by atoms with E-state index in [9.17, 15) is 18.0 Å². The molecule has 0 aromatic carbocycles. The van der Waals surface area contributed by atoms with Crippen LogP contribution in [0, 0.1) is 0 Å². The second kappa shape index (κ2) is 8.21. The number of hydrogen-bond acceptors (Lipinski definition) is 3. The molecule has 1 aliphatic rings. The number of alkyl halides is 3. The molecule has 10 heteroatoms. The maximum atomic E-state index is 12.4. The van der Waals surface area contributed by atoms with Crippen LogP contribution in [0.1, 0.15) is 19.3 Å². The van der Waals surface area contributed by atoms with Gasteiger partial charge in [0.2, 0.25) is 5.91 Å². The molecule has 1 aromatic heterocycles. The van der Waals surface area contributed by atoms with Crippen molar-refractivity contribution in [2.75, 3.05) is 38.1 Å². The number of aromatic nitrogens is 2. The number of unbranched alkanes of at least 4 members (excludes halogenated alkanes) is 1. The van der Waals surface area contributed by atoms with Gasteiger partial charge in [0, 0.05) is 46.3 Å². The van der Waals surface area contributed by atoms with Crippen molar-refractivity contribution >= 4 is 17.6 Å². The normalized spacial score (nSPS) is 16.5. The van der Waals surface area contributed by atoms with E-state index in [1.807, 2.05) is 0 Å². The van der Waals surface area contributed by atoms with Gasteiger partial charge in [-0.3, -0.25) is 14.5 Å². The van der Waals surface area contributed by atoms with Crippen molar-refractivity contribution in [1.29, 1.82) is 0 Å². The molecule has 25 heavy (non-hydrogen) atoms. The Hall–Kier alpha value is -2.26. The molecular weight excluding hydrogens is 337 g/mol. The van der Waals surface area contributed by atoms with Gasteiger partial charge < -0.3 is 15.1 Å². The lowest BCUT2D eigenvalue weighted by molar-refractivity contribution is -0.135. The zero-order valence-corrected chi connectivity index (χ0v) is 14.4. The Bertz CT molecular complexity index is 613. The number of amides is 1. The van der Waals surface area contributed by atoms with Crippen molar-refractivity contribution in [3.8, 4) is 0 Å². The van der Waals surface area contributed by atoms with Crippen LogP contribution in [-0.4, -0.2) is 66.0 Å². The van der Waals surface area contributed by atoms with E-state index in [1.165, 1.54) is 0 Å². The summed E-state index contributed by atoms with van der Waals surface area (Å²) in [5, 5.41) is 7.09. The number of anilines is 1. The fourth-order valence-electron chi connectivity index (χ4n) is 2.66. The van der Waals surface area contributed by atoms with E-state index in [1.54, 1.807) is 41.0 Å². The van der Waals surface area contributed by atoms with E-state index >= 15 is 0 Å². The van der Waals surface area contributed by atoms with Crippen molar-refractivity contribution in [2.24, 2.45) is 12.0 Å². The minimum Gasteiger partial charge on any atom is -0.356 e. The number of piperazine rings is 1. The second-order valence-electron chi connectivity index (χ2n) is 5.89. The summed E-state index contributed by atoms with van der Waals surface area (Å²) < 4.78 is 38.0. The summed E-state index contributed by atoms with van der Waals surface area (Å²) in [6, 6.07) is 0. The molecule has 0 atom stereocenters. The summed E-state index contributed by atoms with van der Waals surface area (Å²) >= 11 is 0. The summed E-state index contributed by atoms with van der Waals surface area (Å²) in [5.74, 6) is 0.463. The van der Waals surface area contributed by atoms with E-state index in [4.69, 9.17) is 0 Å². The van der Waals surface area contributed by atoms with Crippen molar-refractivity contribution in [2.45, 2.75) is 25.4 Å². The molecule has 2 rings (SSSR count). The number of carbonyl (C=O) groups is 1. The lowest BCUT2D eigenvalue weighted by atomic mass is 10.2. The van der Waals surface area contributed by atoms with Crippen LogP contribution in [0.5, 0.6) is 0 Å². The lowest BCUT2D eigenvalue weighted by Gasteiger charge is -2.35. The molecule has 0 bridgehead atoms. The highest BCUT2D eigenvalue weighted by atomic mass is 19.4. The van der Waals surface area contributed by atoms with E-state index < -0.39 is 12.6 Å². The summed E-state index contributed by atoms with van der Waals surface area (Å²) in [6.45, 7) is 1.64. The first-order valence-electron chi connectivity index (χ1n) is 8.11. The van der Waals surface area contributed by atoms with Crippen LogP contribution in [0.3, 0.4) is 0 Å². The number of aliphatic imine (C=N–C) groups is 1. The Morgan fingerprint density at radius 3 is 2.68 bits per heavy atom. The third kappa shape index (κ3) is 5.64. The van der Waals surface area contributed by atoms with Crippen LogP contribution in [0.2, 0.25) is 0 Å². The Kier molecular flexibility index (Phi) is 6.27. The largest absolute Gasteiger partial charge is 0.389 e. The maximum Gasteiger partial charge on any atom is 0.389 e. The molecule has 140 valence electrons. The number of nitrogens with one attached hydrogen (secondary N) is 1. The molecule has 0 unspecified atom stereocenters. The number of rotatable bonds is 5. The summed E-state index contributed by atoms with van der Waals surface area (Å²) in [6.07, 6.45) is -1.02. The van der Waals surface area contributed by atoms with Gasteiger partial charge in [-0.25, -0.2) is 0 Å². The maximum absolute atomic E-state index is 12.4. The zero-order chi connectivity index (χ0) is 18.4. The third-order valence-electron chi connectivity index (χ3n) is 3.91. The van der Waals surface area contributed by atoms with Crippen LogP contribution in [0.15, 0.2) is 17.4 Å². The number of nitrogens with zero attached hydrogens (tertiary/aromatic N) is 5. The van der Waals surface area contributed by atoms with Gasteiger partial charge in [0.15, 0.2) is 5.96 Å². The van der Waals surface area contributed by atoms with E-state index in [2.05, 4.69) is 15.4 Å². The molecule has 7 nitrogen and oxygen atoms in total. The molecule has 2 heterocycles. The van der Waals surface area contributed by atoms with Crippen molar-refractivity contribution < 1.29 is 18.0 Å². The molecule has 1 amide bonds. The van der Waals surface area contributed by atoms with Crippen LogP contribution < -0.4 is 10.2 Å². The predicted molar refractivity (Wildman–Crippen MR) is 88.4 cm³/mol. The van der Waals surface area contributed by atoms with Crippen LogP contribution in [-0.2, 0) is 11.8 Å². The minimum absolute atomic E-state index is 0.0701. The van der Waals surface area contributed by atoms with Crippen LogP contribution in [0.25, 0.3) is 0 Å². The van der Waals surface area contributed by atoms with Gasteiger partial charge >= 0.3 is 6.18 Å². The van der Waals surface area contributed by atoms with Gasteiger partial charge in [-0.15, -0.1) is 0 Å². The first-order chi connectivity index (χ1) is 11.8. The minimum atomic E-state index is -4.11. The van der Waals surface area contributed by atoms with E-state index in [-0.39, 0.29) is 18.9 Å². The second-order valence-corrected chi connectivity index (χ2v) is 5.89. The summed E-state index contributed by atoms with van der Waals surface area (Å²) in [7, 11) is 3.38. The van der Waals surface area contributed by atoms with Gasteiger partial charge in [0.25, 0.3) is 0 Å². The molecule has 1 saturated heterocycles. The van der Waals surface area contributed by atoms with Gasteiger partial charge in [-0.2, -0.15) is 18.3 Å². The van der Waals surface area contributed by atoms with Gasteiger partial charge in [0.1, 0.15) is 6.54 Å². The SMILES string of the molecule is CN=C(NCCCCC(F)(F)F)N1CCN(c2cnn(C)c2)C(=O)C1.